The van der Waals surface area contributed by atoms with Gasteiger partial charge >= 0.3 is 0 Å². The monoisotopic (exact) mass is 513 g/mol. The Labute approximate surface area is 209 Å². The van der Waals surface area contributed by atoms with Crippen molar-refractivity contribution < 1.29 is 22.3 Å². The number of hydrogen-bond donors (Lipinski definition) is 2. The molecule has 4 rings (SSSR count). The predicted octanol–water partition coefficient (Wildman–Crippen LogP) is 3.80. The minimum absolute atomic E-state index is 0.0344. The molecule has 0 saturated carbocycles. The molecular formula is C25H28FN5O4S. The molecule has 1 saturated heterocycles. The maximum absolute atomic E-state index is 14.9. The molecule has 36 heavy (non-hydrogen) atoms. The molecule has 0 bridgehead atoms. The zero-order chi connectivity index (χ0) is 26.0. The van der Waals surface area contributed by atoms with Crippen molar-refractivity contribution in [2.45, 2.75) is 31.1 Å². The molecule has 0 radical (unpaired) electrons. The number of carbonyl (C=O) groups excluding carboxylic acids is 1. The number of methoxy groups -OCH3 is 1. The molecule has 0 unspecified atom stereocenters. The first-order chi connectivity index (χ1) is 17.1. The number of carbonyl (C=O) groups is 1. The second kappa shape index (κ2) is 10.1. The van der Waals surface area contributed by atoms with Crippen LogP contribution in [0.25, 0.3) is 5.69 Å². The first kappa shape index (κ1) is 25.4. The smallest absolute Gasteiger partial charge is 0.274 e. The van der Waals surface area contributed by atoms with Crippen LogP contribution in [-0.4, -0.2) is 61.3 Å². The molecule has 3 aromatic rings. The van der Waals surface area contributed by atoms with E-state index in [1.54, 1.807) is 19.1 Å². The van der Waals surface area contributed by atoms with E-state index in [-0.39, 0.29) is 27.8 Å². The van der Waals surface area contributed by atoms with Crippen molar-refractivity contribution in [2.24, 2.45) is 0 Å². The highest BCUT2D eigenvalue weighted by molar-refractivity contribution is 7.90. The van der Waals surface area contributed by atoms with Crippen molar-refractivity contribution in [3.63, 3.8) is 0 Å². The molecule has 11 heteroatoms. The summed E-state index contributed by atoms with van der Waals surface area (Å²) in [6.07, 6.45) is 4.18. The van der Waals surface area contributed by atoms with Gasteiger partial charge in [0.2, 0.25) is 0 Å². The van der Waals surface area contributed by atoms with Crippen molar-refractivity contribution in [3.05, 3.63) is 65.2 Å². The number of anilines is 1. The van der Waals surface area contributed by atoms with E-state index in [0.717, 1.165) is 38.6 Å². The summed E-state index contributed by atoms with van der Waals surface area (Å²) < 4.78 is 46.2. The van der Waals surface area contributed by atoms with Gasteiger partial charge in [-0.15, -0.1) is 0 Å². The van der Waals surface area contributed by atoms with Crippen molar-refractivity contribution in [2.75, 3.05) is 31.8 Å². The third kappa shape index (κ3) is 5.25. The predicted molar refractivity (Wildman–Crippen MR) is 135 cm³/mol. The van der Waals surface area contributed by atoms with Crippen molar-refractivity contribution in [3.8, 4) is 11.4 Å². The van der Waals surface area contributed by atoms with E-state index in [1.165, 1.54) is 42.1 Å². The lowest BCUT2D eigenvalue weighted by Crippen LogP contribution is -2.35. The summed E-state index contributed by atoms with van der Waals surface area (Å²) in [5.41, 5.74) is 1.05. The topological polar surface area (TPSA) is 117 Å². The lowest BCUT2D eigenvalue weighted by atomic mass is 10.1. The second-order valence-corrected chi connectivity index (χ2v) is 10.7. The van der Waals surface area contributed by atoms with Crippen LogP contribution in [-0.2, 0) is 9.84 Å². The molecule has 0 aliphatic carbocycles. The SMILES string of the molecule is COc1ccc(-n2nc(C)cc2C(=O)Nc2ccc(C(=N)N3CCCCC3)cc2F)c(S(C)(=O)=O)c1. The quantitative estimate of drug-likeness (QED) is 0.383. The summed E-state index contributed by atoms with van der Waals surface area (Å²) in [6.45, 7) is 3.20. The van der Waals surface area contributed by atoms with Gasteiger partial charge in [0.15, 0.2) is 9.84 Å². The minimum Gasteiger partial charge on any atom is -0.497 e. The zero-order valence-electron chi connectivity index (χ0n) is 20.3. The molecule has 2 aromatic carbocycles. The summed E-state index contributed by atoms with van der Waals surface area (Å²) in [7, 11) is -2.27. The number of aryl methyl sites for hydroxylation is 1. The summed E-state index contributed by atoms with van der Waals surface area (Å²) >= 11 is 0. The van der Waals surface area contributed by atoms with E-state index in [4.69, 9.17) is 10.1 Å². The average molecular weight is 514 g/mol. The fourth-order valence-corrected chi connectivity index (χ4v) is 5.05. The van der Waals surface area contributed by atoms with E-state index in [2.05, 4.69) is 10.4 Å². The number of nitrogens with one attached hydrogen (secondary N) is 2. The Hall–Kier alpha value is -3.73. The largest absolute Gasteiger partial charge is 0.497 e. The number of sulfone groups is 1. The summed E-state index contributed by atoms with van der Waals surface area (Å²) in [5.74, 6) is -0.741. The highest BCUT2D eigenvalue weighted by Crippen LogP contribution is 2.27. The summed E-state index contributed by atoms with van der Waals surface area (Å²) in [6, 6.07) is 10.2. The maximum Gasteiger partial charge on any atom is 0.274 e. The molecule has 1 aromatic heterocycles. The number of amidine groups is 1. The molecule has 1 aliphatic rings. The fraction of sp³-hybridized carbons (Fsp3) is 0.320. The van der Waals surface area contributed by atoms with E-state index in [1.807, 2.05) is 4.90 Å². The Morgan fingerprint density at radius 3 is 2.47 bits per heavy atom. The van der Waals surface area contributed by atoms with Gasteiger partial charge in [-0.25, -0.2) is 17.5 Å². The Balaban J connectivity index is 1.63. The van der Waals surface area contributed by atoms with E-state index in [9.17, 15) is 17.6 Å². The minimum atomic E-state index is -3.69. The van der Waals surface area contributed by atoms with Gasteiger partial charge in [-0.1, -0.05) is 0 Å². The summed E-state index contributed by atoms with van der Waals surface area (Å²) in [4.78, 5) is 15.0. The van der Waals surface area contributed by atoms with Crippen molar-refractivity contribution >= 4 is 27.3 Å². The molecule has 1 aliphatic heterocycles. The van der Waals surface area contributed by atoms with Gasteiger partial charge in [0, 0.05) is 31.0 Å². The molecule has 190 valence electrons. The molecular weight excluding hydrogens is 485 g/mol. The molecule has 0 spiro atoms. The normalized spacial score (nSPS) is 13.9. The van der Waals surface area contributed by atoms with Gasteiger partial charge in [-0.05, 0) is 62.6 Å². The van der Waals surface area contributed by atoms with Gasteiger partial charge in [0.25, 0.3) is 5.91 Å². The highest BCUT2D eigenvalue weighted by atomic mass is 32.2. The van der Waals surface area contributed by atoms with Gasteiger partial charge in [-0.2, -0.15) is 5.10 Å². The van der Waals surface area contributed by atoms with E-state index < -0.39 is 21.6 Å². The number of nitrogens with zero attached hydrogens (tertiary/aromatic N) is 3. The van der Waals surface area contributed by atoms with Crippen molar-refractivity contribution in [1.82, 2.24) is 14.7 Å². The van der Waals surface area contributed by atoms with Crippen LogP contribution in [0.15, 0.2) is 47.4 Å². The number of piperidine rings is 1. The molecule has 1 amide bonds. The van der Waals surface area contributed by atoms with Gasteiger partial charge < -0.3 is 15.0 Å². The van der Waals surface area contributed by atoms with Crippen molar-refractivity contribution in [1.29, 1.82) is 5.41 Å². The fourth-order valence-electron chi connectivity index (χ4n) is 4.19. The number of benzene rings is 2. The number of aromatic nitrogens is 2. The van der Waals surface area contributed by atoms with Crippen LogP contribution in [0.2, 0.25) is 0 Å². The average Bonchev–Trinajstić information content (AvgIpc) is 3.26. The number of halogens is 1. The highest BCUT2D eigenvalue weighted by Gasteiger charge is 2.23. The van der Waals surface area contributed by atoms with Crippen LogP contribution in [0.5, 0.6) is 5.75 Å². The van der Waals surface area contributed by atoms with Crippen LogP contribution in [0.1, 0.15) is 41.0 Å². The van der Waals surface area contributed by atoms with Crippen LogP contribution < -0.4 is 10.1 Å². The maximum atomic E-state index is 14.9. The number of amides is 1. The Kier molecular flexibility index (Phi) is 7.11. The lowest BCUT2D eigenvalue weighted by molar-refractivity contribution is 0.101. The van der Waals surface area contributed by atoms with Crippen LogP contribution >= 0.6 is 0 Å². The number of hydrogen-bond acceptors (Lipinski definition) is 6. The Bertz CT molecular complexity index is 1430. The van der Waals surface area contributed by atoms with Crippen LogP contribution in [0.4, 0.5) is 10.1 Å². The Morgan fingerprint density at radius 2 is 1.83 bits per heavy atom. The van der Waals surface area contributed by atoms with Gasteiger partial charge in [0.05, 0.1) is 29.1 Å². The summed E-state index contributed by atoms with van der Waals surface area (Å²) in [5, 5.41) is 15.2. The second-order valence-electron chi connectivity index (χ2n) is 8.73. The third-order valence-corrected chi connectivity index (χ3v) is 7.15. The number of ether oxygens (including phenoxy) is 1. The molecule has 2 N–H and O–H groups in total. The van der Waals surface area contributed by atoms with Gasteiger partial charge in [0.1, 0.15) is 23.1 Å². The zero-order valence-corrected chi connectivity index (χ0v) is 21.2. The van der Waals surface area contributed by atoms with Gasteiger partial charge in [-0.3, -0.25) is 10.2 Å². The molecule has 2 heterocycles. The molecule has 0 atom stereocenters. The number of likely N-dealkylation sites (tertiary alicyclic amines) is 1. The van der Waals surface area contributed by atoms with E-state index in [0.29, 0.717) is 17.0 Å². The molecule has 9 nitrogen and oxygen atoms in total. The molecule has 1 fully saturated rings. The number of rotatable bonds is 6. The Morgan fingerprint density at radius 1 is 1.11 bits per heavy atom. The standard InChI is InChI=1S/C25H28FN5O4S/c1-16-13-22(31(29-16)21-10-8-18(35-2)15-23(21)36(3,33)34)25(32)28-20-9-7-17(14-19(20)26)24(27)30-11-5-4-6-12-30/h7-10,13-15,27H,4-6,11-12H2,1-3H3,(H,28,32). The third-order valence-electron chi connectivity index (χ3n) is 6.02. The van der Waals surface area contributed by atoms with Crippen LogP contribution in [0.3, 0.4) is 0 Å². The first-order valence-corrected chi connectivity index (χ1v) is 13.4. The van der Waals surface area contributed by atoms with Crippen LogP contribution in [0, 0.1) is 18.2 Å². The lowest BCUT2D eigenvalue weighted by Gasteiger charge is -2.29. The first-order valence-electron chi connectivity index (χ1n) is 11.5. The van der Waals surface area contributed by atoms with E-state index >= 15 is 0 Å².